The molecule has 0 spiro atoms. The summed E-state index contributed by atoms with van der Waals surface area (Å²) in [4.78, 5) is 0. The maximum atomic E-state index is 6.21. The smallest absolute Gasteiger partial charge is 0.137 e. The van der Waals surface area contributed by atoms with Gasteiger partial charge in [-0.1, -0.05) is 17.7 Å². The maximum Gasteiger partial charge on any atom is 0.137 e. The van der Waals surface area contributed by atoms with E-state index >= 15 is 0 Å². The average molecular weight is 256 g/mol. The third kappa shape index (κ3) is 2.73. The minimum atomic E-state index is -0.119. The van der Waals surface area contributed by atoms with Crippen molar-refractivity contribution in [3.63, 3.8) is 0 Å². The van der Waals surface area contributed by atoms with E-state index in [1.165, 1.54) is 0 Å². The predicted octanol–water partition coefficient (Wildman–Crippen LogP) is 2.92. The summed E-state index contributed by atoms with van der Waals surface area (Å²) < 4.78 is 11.0. The lowest BCUT2D eigenvalue weighted by molar-refractivity contribution is 0.0401. The summed E-state index contributed by atoms with van der Waals surface area (Å²) in [5, 5.41) is 0.601. The molecular weight excluding hydrogens is 238 g/mol. The van der Waals surface area contributed by atoms with Crippen LogP contribution < -0.4 is 10.5 Å². The monoisotopic (exact) mass is 255 g/mol. The predicted molar refractivity (Wildman–Crippen MR) is 68.5 cm³/mol. The second-order valence-electron chi connectivity index (χ2n) is 4.48. The first kappa shape index (κ1) is 12.7. The SMILES string of the molecule is COc1cc(C(N)C2CCC(C)O2)ccc1Cl. The van der Waals surface area contributed by atoms with Gasteiger partial charge in [-0.15, -0.1) is 0 Å². The molecule has 1 aromatic rings. The van der Waals surface area contributed by atoms with Crippen molar-refractivity contribution in [3.05, 3.63) is 28.8 Å². The highest BCUT2D eigenvalue weighted by atomic mass is 35.5. The van der Waals surface area contributed by atoms with Gasteiger partial charge < -0.3 is 15.2 Å². The minimum Gasteiger partial charge on any atom is -0.495 e. The Morgan fingerprint density at radius 3 is 2.82 bits per heavy atom. The summed E-state index contributed by atoms with van der Waals surface area (Å²) in [6.07, 6.45) is 2.48. The number of benzene rings is 1. The number of methoxy groups -OCH3 is 1. The number of nitrogens with two attached hydrogens (primary N) is 1. The van der Waals surface area contributed by atoms with E-state index in [-0.39, 0.29) is 12.1 Å². The number of ether oxygens (including phenoxy) is 2. The van der Waals surface area contributed by atoms with Gasteiger partial charge >= 0.3 is 0 Å². The summed E-state index contributed by atoms with van der Waals surface area (Å²) in [6.45, 7) is 2.08. The van der Waals surface area contributed by atoms with Crippen LogP contribution in [0.5, 0.6) is 5.75 Å². The molecule has 0 aromatic heterocycles. The molecule has 1 aliphatic heterocycles. The third-order valence-corrected chi connectivity index (χ3v) is 3.54. The zero-order chi connectivity index (χ0) is 12.4. The van der Waals surface area contributed by atoms with Crippen LogP contribution in [-0.2, 0) is 4.74 Å². The molecular formula is C13H18ClNO2. The van der Waals surface area contributed by atoms with Crippen LogP contribution in [0.1, 0.15) is 31.4 Å². The topological polar surface area (TPSA) is 44.5 Å². The van der Waals surface area contributed by atoms with E-state index in [1.807, 2.05) is 18.2 Å². The van der Waals surface area contributed by atoms with Crippen LogP contribution in [-0.4, -0.2) is 19.3 Å². The highest BCUT2D eigenvalue weighted by molar-refractivity contribution is 6.32. The van der Waals surface area contributed by atoms with Gasteiger partial charge in [0.05, 0.1) is 30.4 Å². The Bertz CT molecular complexity index is 397. The number of rotatable bonds is 3. The fourth-order valence-electron chi connectivity index (χ4n) is 2.20. The second kappa shape index (κ2) is 5.25. The molecule has 1 aliphatic rings. The van der Waals surface area contributed by atoms with Crippen LogP contribution in [0.4, 0.5) is 0 Å². The van der Waals surface area contributed by atoms with E-state index in [9.17, 15) is 0 Å². The summed E-state index contributed by atoms with van der Waals surface area (Å²) in [5.41, 5.74) is 7.22. The Balaban J connectivity index is 2.16. The van der Waals surface area contributed by atoms with E-state index in [0.29, 0.717) is 16.9 Å². The van der Waals surface area contributed by atoms with Crippen molar-refractivity contribution in [1.29, 1.82) is 0 Å². The Morgan fingerprint density at radius 2 is 2.24 bits per heavy atom. The fraction of sp³-hybridized carbons (Fsp3) is 0.538. The molecule has 0 radical (unpaired) electrons. The van der Waals surface area contributed by atoms with Crippen molar-refractivity contribution in [3.8, 4) is 5.75 Å². The molecule has 3 unspecified atom stereocenters. The summed E-state index contributed by atoms with van der Waals surface area (Å²) >= 11 is 5.99. The molecule has 0 saturated carbocycles. The molecule has 1 heterocycles. The van der Waals surface area contributed by atoms with Gasteiger partial charge in [-0.05, 0) is 37.5 Å². The van der Waals surface area contributed by atoms with Crippen molar-refractivity contribution in [1.82, 2.24) is 0 Å². The zero-order valence-corrected chi connectivity index (χ0v) is 10.9. The highest BCUT2D eigenvalue weighted by Crippen LogP contribution is 2.32. The van der Waals surface area contributed by atoms with E-state index in [1.54, 1.807) is 7.11 Å². The molecule has 4 heteroatoms. The van der Waals surface area contributed by atoms with Crippen LogP contribution in [0.15, 0.2) is 18.2 Å². The van der Waals surface area contributed by atoms with Crippen LogP contribution in [0.25, 0.3) is 0 Å². The van der Waals surface area contributed by atoms with Gasteiger partial charge in [-0.25, -0.2) is 0 Å². The van der Waals surface area contributed by atoms with E-state index in [2.05, 4.69) is 6.92 Å². The van der Waals surface area contributed by atoms with Gasteiger partial charge in [0.25, 0.3) is 0 Å². The van der Waals surface area contributed by atoms with Gasteiger partial charge in [-0.3, -0.25) is 0 Å². The van der Waals surface area contributed by atoms with Gasteiger partial charge in [-0.2, -0.15) is 0 Å². The molecule has 1 saturated heterocycles. The third-order valence-electron chi connectivity index (χ3n) is 3.23. The van der Waals surface area contributed by atoms with E-state index in [0.717, 1.165) is 18.4 Å². The quantitative estimate of drug-likeness (QED) is 0.903. The van der Waals surface area contributed by atoms with Gasteiger partial charge in [0.2, 0.25) is 0 Å². The zero-order valence-electron chi connectivity index (χ0n) is 10.2. The average Bonchev–Trinajstić information content (AvgIpc) is 2.75. The molecule has 0 amide bonds. The fourth-order valence-corrected chi connectivity index (χ4v) is 2.39. The molecule has 0 bridgehead atoms. The standard InChI is InChI=1S/C13H18ClNO2/c1-8-3-6-11(17-8)13(15)9-4-5-10(14)12(7-9)16-2/h4-5,7-8,11,13H,3,6,15H2,1-2H3. The highest BCUT2D eigenvalue weighted by Gasteiger charge is 2.28. The Morgan fingerprint density at radius 1 is 1.47 bits per heavy atom. The van der Waals surface area contributed by atoms with Gasteiger partial charge in [0.15, 0.2) is 0 Å². The molecule has 2 N–H and O–H groups in total. The summed E-state index contributed by atoms with van der Waals surface area (Å²) in [6, 6.07) is 5.51. The molecule has 1 fully saturated rings. The maximum absolute atomic E-state index is 6.21. The molecule has 94 valence electrons. The lowest BCUT2D eigenvalue weighted by Crippen LogP contribution is -2.26. The van der Waals surface area contributed by atoms with E-state index < -0.39 is 0 Å². The molecule has 17 heavy (non-hydrogen) atoms. The van der Waals surface area contributed by atoms with Crippen LogP contribution >= 0.6 is 11.6 Å². The normalized spacial score (nSPS) is 25.9. The van der Waals surface area contributed by atoms with Crippen molar-refractivity contribution < 1.29 is 9.47 Å². The minimum absolute atomic E-state index is 0.0934. The molecule has 1 aromatic carbocycles. The first-order chi connectivity index (χ1) is 8.11. The molecule has 2 rings (SSSR count). The number of hydrogen-bond acceptors (Lipinski definition) is 3. The molecule has 0 aliphatic carbocycles. The number of halogens is 1. The first-order valence-electron chi connectivity index (χ1n) is 5.86. The first-order valence-corrected chi connectivity index (χ1v) is 6.24. The Hall–Kier alpha value is -0.770. The molecule has 3 atom stereocenters. The summed E-state index contributed by atoms with van der Waals surface area (Å²) in [7, 11) is 1.60. The van der Waals surface area contributed by atoms with Gasteiger partial charge in [0, 0.05) is 0 Å². The van der Waals surface area contributed by atoms with Crippen LogP contribution in [0, 0.1) is 0 Å². The Labute approximate surface area is 107 Å². The van der Waals surface area contributed by atoms with Crippen molar-refractivity contribution in [2.75, 3.05) is 7.11 Å². The van der Waals surface area contributed by atoms with Crippen LogP contribution in [0.2, 0.25) is 5.02 Å². The van der Waals surface area contributed by atoms with Gasteiger partial charge in [0.1, 0.15) is 5.75 Å². The largest absolute Gasteiger partial charge is 0.495 e. The summed E-state index contributed by atoms with van der Waals surface area (Å²) in [5.74, 6) is 0.658. The van der Waals surface area contributed by atoms with Crippen molar-refractivity contribution >= 4 is 11.6 Å². The molecule has 3 nitrogen and oxygen atoms in total. The second-order valence-corrected chi connectivity index (χ2v) is 4.89. The van der Waals surface area contributed by atoms with E-state index in [4.69, 9.17) is 26.8 Å². The van der Waals surface area contributed by atoms with Crippen molar-refractivity contribution in [2.45, 2.75) is 38.0 Å². The van der Waals surface area contributed by atoms with Crippen molar-refractivity contribution in [2.24, 2.45) is 5.73 Å². The van der Waals surface area contributed by atoms with Crippen LogP contribution in [0.3, 0.4) is 0 Å². The lowest BCUT2D eigenvalue weighted by atomic mass is 10.00. The Kier molecular flexibility index (Phi) is 3.92. The number of hydrogen-bond donors (Lipinski definition) is 1. The lowest BCUT2D eigenvalue weighted by Gasteiger charge is -2.20.